The van der Waals surface area contributed by atoms with Crippen LogP contribution in [-0.4, -0.2) is 24.8 Å². The standard InChI is InChI=1S/C15H25NO2/c1-4-10-16-12-15(3,17)13-6-8-14(9-7-13)18-11-5-2/h6-9,16-17H,4-5,10-12H2,1-3H3. The highest BCUT2D eigenvalue weighted by Gasteiger charge is 2.22. The number of nitrogens with one attached hydrogen (secondary N) is 1. The zero-order valence-corrected chi connectivity index (χ0v) is 11.7. The van der Waals surface area contributed by atoms with Crippen LogP contribution in [-0.2, 0) is 5.60 Å². The Balaban J connectivity index is 2.59. The Hall–Kier alpha value is -1.06. The van der Waals surface area contributed by atoms with E-state index in [4.69, 9.17) is 4.74 Å². The zero-order chi connectivity index (χ0) is 13.4. The predicted octanol–water partition coefficient (Wildman–Crippen LogP) is 2.68. The van der Waals surface area contributed by atoms with E-state index in [2.05, 4.69) is 19.2 Å². The van der Waals surface area contributed by atoms with Crippen molar-refractivity contribution in [2.24, 2.45) is 0 Å². The maximum absolute atomic E-state index is 10.4. The fourth-order valence-electron chi connectivity index (χ4n) is 1.74. The van der Waals surface area contributed by atoms with Crippen molar-refractivity contribution in [2.45, 2.75) is 39.2 Å². The fourth-order valence-corrected chi connectivity index (χ4v) is 1.74. The van der Waals surface area contributed by atoms with Crippen molar-refractivity contribution in [3.05, 3.63) is 29.8 Å². The summed E-state index contributed by atoms with van der Waals surface area (Å²) in [5.74, 6) is 0.859. The molecule has 2 N–H and O–H groups in total. The lowest BCUT2D eigenvalue weighted by molar-refractivity contribution is 0.0572. The molecule has 0 bridgehead atoms. The minimum atomic E-state index is -0.835. The van der Waals surface area contributed by atoms with Gasteiger partial charge in [0.05, 0.1) is 12.2 Å². The summed E-state index contributed by atoms with van der Waals surface area (Å²) < 4.78 is 5.52. The Morgan fingerprint density at radius 3 is 2.39 bits per heavy atom. The summed E-state index contributed by atoms with van der Waals surface area (Å²) in [6.07, 6.45) is 2.07. The summed E-state index contributed by atoms with van der Waals surface area (Å²) in [5.41, 5.74) is 0.0771. The topological polar surface area (TPSA) is 41.5 Å². The van der Waals surface area contributed by atoms with E-state index in [-0.39, 0.29) is 0 Å². The minimum Gasteiger partial charge on any atom is -0.494 e. The first-order valence-corrected chi connectivity index (χ1v) is 6.76. The van der Waals surface area contributed by atoms with Gasteiger partial charge in [0.2, 0.25) is 0 Å². The first-order chi connectivity index (χ1) is 8.60. The quantitative estimate of drug-likeness (QED) is 0.698. The SMILES string of the molecule is CCCNCC(C)(O)c1ccc(OCCC)cc1. The maximum atomic E-state index is 10.4. The predicted molar refractivity (Wildman–Crippen MR) is 75.0 cm³/mol. The molecule has 0 fully saturated rings. The third-order valence-electron chi connectivity index (χ3n) is 2.85. The Morgan fingerprint density at radius 1 is 1.17 bits per heavy atom. The molecule has 1 aromatic carbocycles. The molecule has 0 saturated heterocycles. The molecule has 1 aromatic rings. The van der Waals surface area contributed by atoms with Crippen molar-refractivity contribution in [2.75, 3.05) is 19.7 Å². The van der Waals surface area contributed by atoms with Crippen LogP contribution in [0, 0.1) is 0 Å². The van der Waals surface area contributed by atoms with Crippen LogP contribution in [0.1, 0.15) is 39.2 Å². The molecule has 0 radical (unpaired) electrons. The van der Waals surface area contributed by atoms with Crippen molar-refractivity contribution in [3.63, 3.8) is 0 Å². The molecule has 102 valence electrons. The van der Waals surface area contributed by atoms with Gasteiger partial charge in [-0.15, -0.1) is 0 Å². The Bertz CT molecular complexity index is 333. The third kappa shape index (κ3) is 4.67. The molecule has 0 aliphatic rings. The molecule has 1 rings (SSSR count). The number of ether oxygens (including phenoxy) is 1. The van der Waals surface area contributed by atoms with Gasteiger partial charge in [0, 0.05) is 6.54 Å². The highest BCUT2D eigenvalue weighted by molar-refractivity contribution is 5.30. The molecule has 3 nitrogen and oxygen atoms in total. The molecule has 3 heteroatoms. The molecule has 0 heterocycles. The summed E-state index contributed by atoms with van der Waals surface area (Å²) in [5, 5.41) is 13.6. The lowest BCUT2D eigenvalue weighted by Gasteiger charge is -2.24. The summed E-state index contributed by atoms with van der Waals surface area (Å²) in [4.78, 5) is 0. The molecule has 18 heavy (non-hydrogen) atoms. The second-order valence-corrected chi connectivity index (χ2v) is 4.82. The number of hydrogen-bond acceptors (Lipinski definition) is 3. The zero-order valence-electron chi connectivity index (χ0n) is 11.7. The van der Waals surface area contributed by atoms with Gasteiger partial charge in [0.15, 0.2) is 0 Å². The van der Waals surface area contributed by atoms with Crippen LogP contribution in [0.3, 0.4) is 0 Å². The number of aliphatic hydroxyl groups is 1. The van der Waals surface area contributed by atoms with E-state index in [9.17, 15) is 5.11 Å². The van der Waals surface area contributed by atoms with Gasteiger partial charge in [-0.25, -0.2) is 0 Å². The monoisotopic (exact) mass is 251 g/mol. The van der Waals surface area contributed by atoms with E-state index in [1.165, 1.54) is 0 Å². The van der Waals surface area contributed by atoms with Gasteiger partial charge in [-0.2, -0.15) is 0 Å². The molecule has 0 amide bonds. The van der Waals surface area contributed by atoms with Crippen LogP contribution in [0.2, 0.25) is 0 Å². The Kier molecular flexibility index (Phi) is 6.16. The van der Waals surface area contributed by atoms with Crippen molar-refractivity contribution < 1.29 is 9.84 Å². The Labute approximate surface area is 110 Å². The van der Waals surface area contributed by atoms with Crippen LogP contribution in [0.4, 0.5) is 0 Å². The largest absolute Gasteiger partial charge is 0.494 e. The van der Waals surface area contributed by atoms with Crippen molar-refractivity contribution in [1.29, 1.82) is 0 Å². The maximum Gasteiger partial charge on any atom is 0.119 e. The Morgan fingerprint density at radius 2 is 1.83 bits per heavy atom. The molecule has 0 aliphatic heterocycles. The number of benzene rings is 1. The summed E-state index contributed by atoms with van der Waals surface area (Å²) in [6, 6.07) is 7.69. The van der Waals surface area contributed by atoms with Crippen LogP contribution in [0.15, 0.2) is 24.3 Å². The van der Waals surface area contributed by atoms with Gasteiger partial charge in [0.25, 0.3) is 0 Å². The van der Waals surface area contributed by atoms with Gasteiger partial charge in [-0.1, -0.05) is 26.0 Å². The van der Waals surface area contributed by atoms with Crippen LogP contribution in [0.5, 0.6) is 5.75 Å². The molecule has 1 unspecified atom stereocenters. The highest BCUT2D eigenvalue weighted by Crippen LogP contribution is 2.22. The lowest BCUT2D eigenvalue weighted by atomic mass is 9.96. The van der Waals surface area contributed by atoms with Gasteiger partial charge < -0.3 is 15.2 Å². The average molecular weight is 251 g/mol. The first kappa shape index (κ1) is 15.0. The van der Waals surface area contributed by atoms with E-state index in [1.807, 2.05) is 31.2 Å². The third-order valence-corrected chi connectivity index (χ3v) is 2.85. The van der Waals surface area contributed by atoms with E-state index in [0.717, 1.165) is 37.3 Å². The van der Waals surface area contributed by atoms with E-state index < -0.39 is 5.60 Å². The van der Waals surface area contributed by atoms with E-state index in [1.54, 1.807) is 0 Å². The highest BCUT2D eigenvalue weighted by atomic mass is 16.5. The molecule has 0 saturated carbocycles. The summed E-state index contributed by atoms with van der Waals surface area (Å²) >= 11 is 0. The molecule has 0 aromatic heterocycles. The van der Waals surface area contributed by atoms with Gasteiger partial charge in [-0.05, 0) is 44.0 Å². The smallest absolute Gasteiger partial charge is 0.119 e. The number of rotatable bonds is 8. The second-order valence-electron chi connectivity index (χ2n) is 4.82. The van der Waals surface area contributed by atoms with Gasteiger partial charge in [-0.3, -0.25) is 0 Å². The molecular weight excluding hydrogens is 226 g/mol. The first-order valence-electron chi connectivity index (χ1n) is 6.76. The molecule has 0 spiro atoms. The van der Waals surface area contributed by atoms with Crippen molar-refractivity contribution >= 4 is 0 Å². The average Bonchev–Trinajstić information content (AvgIpc) is 2.37. The van der Waals surface area contributed by atoms with Crippen molar-refractivity contribution in [3.8, 4) is 5.75 Å². The van der Waals surface area contributed by atoms with E-state index in [0.29, 0.717) is 6.54 Å². The van der Waals surface area contributed by atoms with Crippen LogP contribution in [0.25, 0.3) is 0 Å². The fraction of sp³-hybridized carbons (Fsp3) is 0.600. The molecule has 1 atom stereocenters. The van der Waals surface area contributed by atoms with Crippen molar-refractivity contribution in [1.82, 2.24) is 5.32 Å². The van der Waals surface area contributed by atoms with Crippen LogP contribution >= 0.6 is 0 Å². The van der Waals surface area contributed by atoms with E-state index >= 15 is 0 Å². The summed E-state index contributed by atoms with van der Waals surface area (Å²) in [7, 11) is 0. The lowest BCUT2D eigenvalue weighted by Crippen LogP contribution is -2.35. The van der Waals surface area contributed by atoms with Gasteiger partial charge in [0.1, 0.15) is 5.75 Å². The second kappa shape index (κ2) is 7.39. The molecule has 0 aliphatic carbocycles. The number of hydrogen-bond donors (Lipinski definition) is 2. The van der Waals surface area contributed by atoms with Crippen LogP contribution < -0.4 is 10.1 Å². The minimum absolute atomic E-state index is 0.565. The normalized spacial score (nSPS) is 14.2. The molecular formula is C15H25NO2. The summed E-state index contributed by atoms with van der Waals surface area (Å²) in [6.45, 7) is 8.25. The van der Waals surface area contributed by atoms with Gasteiger partial charge >= 0.3 is 0 Å².